The molecule has 1 aromatic carbocycles. The van der Waals surface area contributed by atoms with Crippen LogP contribution in [0.25, 0.3) is 10.9 Å². The number of fused-ring (bicyclic) bond motifs is 1. The van der Waals surface area contributed by atoms with Crippen LogP contribution in [-0.2, 0) is 0 Å². The maximum atomic E-state index is 6.03. The van der Waals surface area contributed by atoms with Gasteiger partial charge in [-0.25, -0.2) is 0 Å². The summed E-state index contributed by atoms with van der Waals surface area (Å²) in [6.45, 7) is 8.87. The Balaban J connectivity index is 1.88. The molecule has 22 heavy (non-hydrogen) atoms. The quantitative estimate of drug-likeness (QED) is 0.692. The third-order valence-corrected chi connectivity index (χ3v) is 3.89. The van der Waals surface area contributed by atoms with E-state index in [-0.39, 0.29) is 0 Å². The largest absolute Gasteiger partial charge is 0.382 e. The molecular weight excluding hydrogens is 294 g/mol. The van der Waals surface area contributed by atoms with Gasteiger partial charge in [0.2, 0.25) is 0 Å². The van der Waals surface area contributed by atoms with Crippen molar-refractivity contribution in [3.05, 3.63) is 35.5 Å². The minimum Gasteiger partial charge on any atom is -0.382 e. The lowest BCUT2D eigenvalue weighted by atomic mass is 10.1. The van der Waals surface area contributed by atoms with E-state index in [1.54, 1.807) is 0 Å². The second-order valence-electron chi connectivity index (χ2n) is 6.31. The third kappa shape index (κ3) is 5.15. The number of rotatable bonds is 8. The number of nitrogens with one attached hydrogen (secondary N) is 2. The molecule has 0 unspecified atom stereocenters. The van der Waals surface area contributed by atoms with Crippen LogP contribution in [0.15, 0.2) is 30.5 Å². The highest BCUT2D eigenvalue weighted by atomic mass is 35.5. The first-order chi connectivity index (χ1) is 10.6. The zero-order valence-corrected chi connectivity index (χ0v) is 14.5. The number of benzene rings is 1. The van der Waals surface area contributed by atoms with Crippen LogP contribution in [0.1, 0.15) is 33.6 Å². The topological polar surface area (TPSA) is 37.0 Å². The van der Waals surface area contributed by atoms with Crippen LogP contribution in [0.5, 0.6) is 0 Å². The second kappa shape index (κ2) is 8.35. The summed E-state index contributed by atoms with van der Waals surface area (Å²) in [7, 11) is 0. The normalized spacial score (nSPS) is 12.8. The average Bonchev–Trinajstić information content (AvgIpc) is 2.46. The molecule has 2 rings (SSSR count). The number of pyridine rings is 1. The number of halogens is 1. The summed E-state index contributed by atoms with van der Waals surface area (Å²) in [5.41, 5.74) is 2.06. The van der Waals surface area contributed by atoms with Gasteiger partial charge in [-0.05, 0) is 63.0 Å². The van der Waals surface area contributed by atoms with Crippen LogP contribution >= 0.6 is 11.6 Å². The Hall–Kier alpha value is -1.32. The minimum absolute atomic E-state index is 0.433. The van der Waals surface area contributed by atoms with Crippen molar-refractivity contribution in [1.29, 1.82) is 0 Å². The first kappa shape index (κ1) is 17.0. The van der Waals surface area contributed by atoms with Crippen molar-refractivity contribution in [1.82, 2.24) is 10.3 Å². The van der Waals surface area contributed by atoms with Gasteiger partial charge in [0.05, 0.1) is 5.52 Å². The highest BCUT2D eigenvalue weighted by Gasteiger charge is 2.06. The molecule has 0 amide bonds. The molecule has 0 bridgehead atoms. The Morgan fingerprint density at radius 2 is 2.00 bits per heavy atom. The summed E-state index contributed by atoms with van der Waals surface area (Å²) in [6.07, 6.45) is 4.15. The Bertz CT molecular complexity index is 598. The fourth-order valence-corrected chi connectivity index (χ4v) is 2.68. The molecule has 0 aliphatic rings. The predicted molar refractivity (Wildman–Crippen MR) is 96.8 cm³/mol. The maximum Gasteiger partial charge on any atom is 0.0737 e. The molecule has 0 saturated heterocycles. The molecule has 0 radical (unpaired) electrons. The van der Waals surface area contributed by atoms with Crippen LogP contribution in [0.3, 0.4) is 0 Å². The lowest BCUT2D eigenvalue weighted by molar-refractivity contribution is 0.526. The van der Waals surface area contributed by atoms with Gasteiger partial charge in [-0.15, -0.1) is 0 Å². The molecule has 1 heterocycles. The molecule has 1 aromatic heterocycles. The highest BCUT2D eigenvalue weighted by molar-refractivity contribution is 6.31. The fourth-order valence-electron chi connectivity index (χ4n) is 2.51. The van der Waals surface area contributed by atoms with Crippen LogP contribution in [0.4, 0.5) is 5.69 Å². The molecule has 3 nitrogen and oxygen atoms in total. The van der Waals surface area contributed by atoms with Crippen molar-refractivity contribution < 1.29 is 0 Å². The van der Waals surface area contributed by atoms with Gasteiger partial charge in [0.1, 0.15) is 0 Å². The summed E-state index contributed by atoms with van der Waals surface area (Å²) >= 11 is 6.03. The van der Waals surface area contributed by atoms with Crippen LogP contribution in [-0.4, -0.2) is 24.1 Å². The van der Waals surface area contributed by atoms with Crippen molar-refractivity contribution in [3.8, 4) is 0 Å². The minimum atomic E-state index is 0.433. The summed E-state index contributed by atoms with van der Waals surface area (Å²) in [5, 5.41) is 8.93. The molecule has 1 atom stereocenters. The summed E-state index contributed by atoms with van der Waals surface area (Å²) in [5.74, 6) is 0.713. The van der Waals surface area contributed by atoms with Gasteiger partial charge in [-0.3, -0.25) is 4.98 Å². The molecule has 0 spiro atoms. The molecule has 2 N–H and O–H groups in total. The summed E-state index contributed by atoms with van der Waals surface area (Å²) < 4.78 is 0. The lowest BCUT2D eigenvalue weighted by Crippen LogP contribution is -2.23. The Morgan fingerprint density at radius 3 is 2.77 bits per heavy atom. The average molecular weight is 320 g/mol. The molecule has 2 aromatic rings. The van der Waals surface area contributed by atoms with E-state index < -0.39 is 0 Å². The summed E-state index contributed by atoms with van der Waals surface area (Å²) in [4.78, 5) is 4.38. The molecule has 0 aliphatic heterocycles. The summed E-state index contributed by atoms with van der Waals surface area (Å²) in [6, 6.07) is 8.31. The number of anilines is 1. The zero-order chi connectivity index (χ0) is 15.9. The molecule has 0 saturated carbocycles. The van der Waals surface area contributed by atoms with E-state index in [9.17, 15) is 0 Å². The van der Waals surface area contributed by atoms with Gasteiger partial charge >= 0.3 is 0 Å². The highest BCUT2D eigenvalue weighted by Crippen LogP contribution is 2.25. The van der Waals surface area contributed by atoms with Crippen molar-refractivity contribution in [2.75, 3.05) is 18.4 Å². The monoisotopic (exact) mass is 319 g/mol. The fraction of sp³-hybridized carbons (Fsp3) is 0.500. The number of aromatic nitrogens is 1. The Morgan fingerprint density at radius 1 is 1.18 bits per heavy atom. The van der Waals surface area contributed by atoms with Crippen LogP contribution < -0.4 is 10.6 Å². The van der Waals surface area contributed by atoms with Gasteiger partial charge in [0, 0.05) is 28.3 Å². The van der Waals surface area contributed by atoms with Gasteiger partial charge in [-0.1, -0.05) is 25.4 Å². The Kier molecular flexibility index (Phi) is 6.47. The van der Waals surface area contributed by atoms with E-state index in [1.165, 1.54) is 6.42 Å². The van der Waals surface area contributed by atoms with Crippen molar-refractivity contribution in [2.45, 2.75) is 39.7 Å². The number of nitrogens with zero attached hydrogens (tertiary/aromatic N) is 1. The van der Waals surface area contributed by atoms with E-state index in [0.29, 0.717) is 12.0 Å². The Labute approximate surface area is 138 Å². The second-order valence-corrected chi connectivity index (χ2v) is 6.74. The standard InChI is InChI=1S/C18H26ClN3/c1-13(2)12-20-9-4-5-14(3)22-17-8-10-21-18-11-15(19)6-7-16(17)18/h6-8,10-11,13-14,20H,4-5,9,12H2,1-3H3,(H,21,22)/t14-/m0/s1. The predicted octanol–water partition coefficient (Wildman–Crippen LogP) is 4.71. The van der Waals surface area contributed by atoms with E-state index >= 15 is 0 Å². The van der Waals surface area contributed by atoms with Crippen molar-refractivity contribution in [2.24, 2.45) is 5.92 Å². The number of hydrogen-bond acceptors (Lipinski definition) is 3. The third-order valence-electron chi connectivity index (χ3n) is 3.65. The molecule has 4 heteroatoms. The molecular formula is C18H26ClN3. The van der Waals surface area contributed by atoms with Crippen molar-refractivity contribution in [3.63, 3.8) is 0 Å². The first-order valence-electron chi connectivity index (χ1n) is 8.08. The number of hydrogen-bond donors (Lipinski definition) is 2. The van der Waals surface area contributed by atoms with Gasteiger partial charge in [-0.2, -0.15) is 0 Å². The van der Waals surface area contributed by atoms with E-state index in [1.807, 2.05) is 30.5 Å². The maximum absolute atomic E-state index is 6.03. The molecule has 0 aliphatic carbocycles. The zero-order valence-electron chi connectivity index (χ0n) is 13.7. The van der Waals surface area contributed by atoms with Gasteiger partial charge < -0.3 is 10.6 Å². The first-order valence-corrected chi connectivity index (χ1v) is 8.45. The lowest BCUT2D eigenvalue weighted by Gasteiger charge is -2.17. The van der Waals surface area contributed by atoms with Gasteiger partial charge in [0.25, 0.3) is 0 Å². The van der Waals surface area contributed by atoms with Crippen LogP contribution in [0, 0.1) is 5.92 Å². The smallest absolute Gasteiger partial charge is 0.0737 e. The van der Waals surface area contributed by atoms with Crippen molar-refractivity contribution >= 4 is 28.2 Å². The van der Waals surface area contributed by atoms with E-state index in [2.05, 4.69) is 36.4 Å². The molecule has 120 valence electrons. The van der Waals surface area contributed by atoms with E-state index in [4.69, 9.17) is 11.6 Å². The van der Waals surface area contributed by atoms with Crippen LogP contribution in [0.2, 0.25) is 5.02 Å². The van der Waals surface area contributed by atoms with Gasteiger partial charge in [0.15, 0.2) is 0 Å². The molecule has 0 fully saturated rings. The van der Waals surface area contributed by atoms with E-state index in [0.717, 1.165) is 41.1 Å². The SMILES string of the molecule is CC(C)CNCCC[C@H](C)Nc1ccnc2cc(Cl)ccc12.